The summed E-state index contributed by atoms with van der Waals surface area (Å²) in [6, 6.07) is 6.98. The molecule has 1 amide bonds. The molecule has 1 aromatic carbocycles. The first-order valence-corrected chi connectivity index (χ1v) is 9.96. The van der Waals surface area contributed by atoms with Crippen molar-refractivity contribution >= 4 is 22.4 Å². The fraction of sp³-hybridized carbons (Fsp3) is 0.474. The highest BCUT2D eigenvalue weighted by Crippen LogP contribution is 2.31. The minimum Gasteiger partial charge on any atom is -0.351 e. The van der Waals surface area contributed by atoms with Gasteiger partial charge in [-0.2, -0.15) is 0 Å². The highest BCUT2D eigenvalue weighted by Gasteiger charge is 2.43. The molecule has 1 aromatic heterocycles. The summed E-state index contributed by atoms with van der Waals surface area (Å²) in [5, 5.41) is 9.29. The van der Waals surface area contributed by atoms with Crippen molar-refractivity contribution in [1.82, 2.24) is 15.2 Å². The van der Waals surface area contributed by atoms with E-state index in [4.69, 9.17) is 0 Å². The number of halogens is 1. The maximum Gasteiger partial charge on any atom is 0.246 e. The Bertz CT molecular complexity index is 737. The summed E-state index contributed by atoms with van der Waals surface area (Å²) in [7, 11) is 0. The van der Waals surface area contributed by atoms with Crippen LogP contribution in [0.15, 0.2) is 35.8 Å². The van der Waals surface area contributed by atoms with E-state index in [-0.39, 0.29) is 11.7 Å². The SMILES string of the molecule is O=C(NC1CC1)C1(Nc2nccs2)CCN(Cc2ccc(F)cc2)CC1. The number of rotatable bonds is 6. The lowest BCUT2D eigenvalue weighted by molar-refractivity contribution is -0.127. The molecule has 1 saturated carbocycles. The van der Waals surface area contributed by atoms with E-state index in [0.29, 0.717) is 6.04 Å². The molecule has 2 aliphatic rings. The van der Waals surface area contributed by atoms with E-state index in [1.54, 1.807) is 6.20 Å². The Morgan fingerprint density at radius 2 is 2.00 bits per heavy atom. The Labute approximate surface area is 156 Å². The van der Waals surface area contributed by atoms with Gasteiger partial charge in [-0.05, 0) is 43.4 Å². The van der Waals surface area contributed by atoms with Gasteiger partial charge in [-0.1, -0.05) is 12.1 Å². The molecule has 0 atom stereocenters. The molecule has 1 aliphatic carbocycles. The van der Waals surface area contributed by atoms with Gasteiger partial charge < -0.3 is 10.6 Å². The van der Waals surface area contributed by atoms with Crippen molar-refractivity contribution in [2.45, 2.75) is 43.8 Å². The van der Waals surface area contributed by atoms with Crippen LogP contribution in [0.3, 0.4) is 0 Å². The summed E-state index contributed by atoms with van der Waals surface area (Å²) in [6.45, 7) is 2.40. The van der Waals surface area contributed by atoms with E-state index in [1.807, 2.05) is 17.5 Å². The Morgan fingerprint density at radius 3 is 2.62 bits per heavy atom. The van der Waals surface area contributed by atoms with Crippen LogP contribution in [0.25, 0.3) is 0 Å². The van der Waals surface area contributed by atoms with E-state index in [9.17, 15) is 9.18 Å². The number of carbonyl (C=O) groups excluding carboxylic acids is 1. The Kier molecular flexibility index (Phi) is 4.91. The van der Waals surface area contributed by atoms with Gasteiger partial charge in [-0.25, -0.2) is 9.37 Å². The molecule has 2 fully saturated rings. The zero-order valence-electron chi connectivity index (χ0n) is 14.6. The van der Waals surface area contributed by atoms with Crippen LogP contribution in [-0.2, 0) is 11.3 Å². The maximum absolute atomic E-state index is 13.1. The fourth-order valence-corrected chi connectivity index (χ4v) is 4.02. The average molecular weight is 374 g/mol. The second-order valence-corrected chi connectivity index (χ2v) is 8.09. The molecular formula is C19H23FN4OS. The maximum atomic E-state index is 13.1. The number of piperidine rings is 1. The average Bonchev–Trinajstić information content (AvgIpc) is 3.31. The Morgan fingerprint density at radius 1 is 1.27 bits per heavy atom. The van der Waals surface area contributed by atoms with Crippen LogP contribution in [0, 0.1) is 5.82 Å². The summed E-state index contributed by atoms with van der Waals surface area (Å²) in [4.78, 5) is 19.6. The third-order valence-electron chi connectivity index (χ3n) is 5.15. The van der Waals surface area contributed by atoms with Crippen molar-refractivity contribution in [3.63, 3.8) is 0 Å². The molecule has 2 heterocycles. The first kappa shape index (κ1) is 17.4. The number of anilines is 1. The molecule has 4 rings (SSSR count). The van der Waals surface area contributed by atoms with Crippen LogP contribution < -0.4 is 10.6 Å². The number of nitrogens with one attached hydrogen (secondary N) is 2. The first-order chi connectivity index (χ1) is 12.6. The van der Waals surface area contributed by atoms with Crippen LogP contribution in [0.5, 0.6) is 0 Å². The van der Waals surface area contributed by atoms with Crippen LogP contribution >= 0.6 is 11.3 Å². The zero-order valence-corrected chi connectivity index (χ0v) is 15.4. The zero-order chi connectivity index (χ0) is 18.0. The summed E-state index contributed by atoms with van der Waals surface area (Å²) in [5.74, 6) is -0.118. The van der Waals surface area contributed by atoms with Gasteiger partial charge in [0, 0.05) is 37.3 Å². The number of amides is 1. The predicted octanol–water partition coefficient (Wildman–Crippen LogP) is 3.01. The van der Waals surface area contributed by atoms with E-state index < -0.39 is 5.54 Å². The number of hydrogen-bond acceptors (Lipinski definition) is 5. The van der Waals surface area contributed by atoms with Gasteiger partial charge in [0.1, 0.15) is 11.4 Å². The number of likely N-dealkylation sites (tertiary alicyclic amines) is 1. The molecule has 5 nitrogen and oxygen atoms in total. The predicted molar refractivity (Wildman–Crippen MR) is 101 cm³/mol. The molecule has 0 bridgehead atoms. The number of aromatic nitrogens is 1. The molecule has 0 unspecified atom stereocenters. The number of benzene rings is 1. The summed E-state index contributed by atoms with van der Waals surface area (Å²) in [5.41, 5.74) is 0.494. The molecule has 1 saturated heterocycles. The molecule has 7 heteroatoms. The van der Waals surface area contributed by atoms with Gasteiger partial charge in [0.25, 0.3) is 0 Å². The van der Waals surface area contributed by atoms with Crippen LogP contribution in [0.2, 0.25) is 0 Å². The second kappa shape index (κ2) is 7.32. The summed E-state index contributed by atoms with van der Waals surface area (Å²) < 4.78 is 13.1. The molecule has 26 heavy (non-hydrogen) atoms. The monoisotopic (exact) mass is 374 g/mol. The van der Waals surface area contributed by atoms with Crippen LogP contribution in [-0.4, -0.2) is 40.5 Å². The minimum atomic E-state index is -0.597. The topological polar surface area (TPSA) is 57.3 Å². The lowest BCUT2D eigenvalue weighted by atomic mass is 9.86. The number of thiazole rings is 1. The van der Waals surface area contributed by atoms with Gasteiger partial charge in [0.05, 0.1) is 0 Å². The van der Waals surface area contributed by atoms with Gasteiger partial charge in [-0.3, -0.25) is 9.69 Å². The van der Waals surface area contributed by atoms with Crippen molar-refractivity contribution in [2.24, 2.45) is 0 Å². The Hall–Kier alpha value is -1.99. The first-order valence-electron chi connectivity index (χ1n) is 9.08. The molecule has 138 valence electrons. The quantitative estimate of drug-likeness (QED) is 0.816. The van der Waals surface area contributed by atoms with Crippen LogP contribution in [0.4, 0.5) is 9.52 Å². The Balaban J connectivity index is 1.42. The lowest BCUT2D eigenvalue weighted by Crippen LogP contribution is -2.58. The van der Waals surface area contributed by atoms with Crippen molar-refractivity contribution < 1.29 is 9.18 Å². The van der Waals surface area contributed by atoms with Crippen LogP contribution in [0.1, 0.15) is 31.2 Å². The normalized spacial score (nSPS) is 19.9. The standard InChI is InChI=1S/C19H23FN4OS/c20-15-3-1-14(2-4-15)13-24-10-7-19(8-11-24,17(25)22-16-5-6-16)23-18-21-9-12-26-18/h1-4,9,12,16H,5-8,10-11,13H2,(H,21,23)(H,22,25). The molecule has 2 N–H and O–H groups in total. The van der Waals surface area contributed by atoms with Gasteiger partial charge in [0.2, 0.25) is 5.91 Å². The van der Waals surface area contributed by atoms with Gasteiger partial charge in [0.15, 0.2) is 5.13 Å². The molecule has 0 spiro atoms. The van der Waals surface area contributed by atoms with Crippen molar-refractivity contribution in [1.29, 1.82) is 0 Å². The third kappa shape index (κ3) is 4.04. The molecule has 1 aliphatic heterocycles. The number of hydrogen-bond donors (Lipinski definition) is 2. The fourth-order valence-electron chi connectivity index (χ4n) is 3.39. The summed E-state index contributed by atoms with van der Waals surface area (Å²) >= 11 is 1.52. The highest BCUT2D eigenvalue weighted by atomic mass is 32.1. The molecule has 2 aromatic rings. The third-order valence-corrected chi connectivity index (χ3v) is 5.84. The second-order valence-electron chi connectivity index (χ2n) is 7.19. The number of carbonyl (C=O) groups is 1. The smallest absolute Gasteiger partial charge is 0.246 e. The van der Waals surface area contributed by atoms with E-state index >= 15 is 0 Å². The van der Waals surface area contributed by atoms with Gasteiger partial charge in [-0.15, -0.1) is 11.3 Å². The number of nitrogens with zero attached hydrogens (tertiary/aromatic N) is 2. The van der Waals surface area contributed by atoms with Crippen molar-refractivity contribution in [2.75, 3.05) is 18.4 Å². The van der Waals surface area contributed by atoms with E-state index in [2.05, 4.69) is 20.5 Å². The highest BCUT2D eigenvalue weighted by molar-refractivity contribution is 7.13. The molecule has 0 radical (unpaired) electrons. The molecular weight excluding hydrogens is 351 g/mol. The minimum absolute atomic E-state index is 0.0941. The lowest BCUT2D eigenvalue weighted by Gasteiger charge is -2.41. The van der Waals surface area contributed by atoms with E-state index in [0.717, 1.165) is 56.0 Å². The summed E-state index contributed by atoms with van der Waals surface area (Å²) in [6.07, 6.45) is 5.37. The van der Waals surface area contributed by atoms with Gasteiger partial charge >= 0.3 is 0 Å². The van der Waals surface area contributed by atoms with Crippen molar-refractivity contribution in [3.8, 4) is 0 Å². The largest absolute Gasteiger partial charge is 0.351 e. The van der Waals surface area contributed by atoms with E-state index in [1.165, 1.54) is 23.5 Å². The van der Waals surface area contributed by atoms with Crippen molar-refractivity contribution in [3.05, 3.63) is 47.2 Å².